The van der Waals surface area contributed by atoms with Crippen molar-refractivity contribution in [1.82, 2.24) is 0 Å². The van der Waals surface area contributed by atoms with E-state index in [1.165, 1.54) is 0 Å². The van der Waals surface area contributed by atoms with Gasteiger partial charge in [0.2, 0.25) is 10.4 Å². The van der Waals surface area contributed by atoms with Crippen molar-refractivity contribution in [3.63, 3.8) is 0 Å². The van der Waals surface area contributed by atoms with Gasteiger partial charge >= 0.3 is 0 Å². The molecule has 26 heteroatoms. The minimum atomic E-state index is -5.69. The zero-order valence-electron chi connectivity index (χ0n) is 18.9. The molecule has 1 heterocycles. The first kappa shape index (κ1) is 32.5. The van der Waals surface area contributed by atoms with Crippen molar-refractivity contribution < 1.29 is 90.5 Å². The molecule has 230 valence electrons. The van der Waals surface area contributed by atoms with Crippen LogP contribution in [0.1, 0.15) is 17.2 Å². The first-order valence-electron chi connectivity index (χ1n) is 9.60. The van der Waals surface area contributed by atoms with E-state index in [4.69, 9.17) is 4.74 Å². The Morgan fingerprint density at radius 2 is 1.12 bits per heavy atom. The lowest BCUT2D eigenvalue weighted by atomic mass is 9.94. The molecule has 21 nitrogen and oxygen atoms in total. The van der Waals surface area contributed by atoms with Gasteiger partial charge in [0, 0.05) is 24.1 Å². The number of hydrogen-bond donors (Lipinski definition) is 0. The van der Waals surface area contributed by atoms with Gasteiger partial charge in [0.1, 0.15) is 17.6 Å². The summed E-state index contributed by atoms with van der Waals surface area (Å²) in [6, 6.07) is 2.74. The van der Waals surface area contributed by atoms with E-state index in [2.05, 4.69) is 20.9 Å². The molecule has 0 spiro atoms. The fourth-order valence-corrected chi connectivity index (χ4v) is 5.23. The highest BCUT2D eigenvalue weighted by atomic mass is 32.3. The van der Waals surface area contributed by atoms with Gasteiger partial charge in [-0.25, -0.2) is 42.1 Å². The summed E-state index contributed by atoms with van der Waals surface area (Å²) in [5.41, 5.74) is -1.08. The van der Waals surface area contributed by atoms with E-state index in [1.54, 1.807) is 0 Å². The minimum Gasteiger partial charge on any atom is -0.726 e. The van der Waals surface area contributed by atoms with Crippen LogP contribution in [0.2, 0.25) is 0 Å². The maximum absolute atomic E-state index is 11.4. The van der Waals surface area contributed by atoms with Gasteiger partial charge in [0.05, 0.1) is 0 Å². The van der Waals surface area contributed by atoms with Crippen LogP contribution in [-0.4, -0.2) is 71.0 Å². The van der Waals surface area contributed by atoms with E-state index < -0.39 is 110 Å². The average molecular weight is 686 g/mol. The second-order valence-corrected chi connectivity index (χ2v) is 12.3. The Labute approximate surface area is 230 Å². The maximum atomic E-state index is 11.4. The van der Waals surface area contributed by atoms with Crippen LogP contribution in [0.25, 0.3) is 0 Å². The summed E-state index contributed by atoms with van der Waals surface area (Å²) in [6.45, 7) is 0. The normalized spacial score (nSPS) is 18.1. The topological polar surface area (TPSA) is 341 Å². The maximum Gasteiger partial charge on any atom is 0.262 e. The third-order valence-corrected chi connectivity index (χ3v) is 6.48. The van der Waals surface area contributed by atoms with E-state index in [9.17, 15) is 64.9 Å². The lowest BCUT2D eigenvalue weighted by Gasteiger charge is -2.35. The second-order valence-electron chi connectivity index (χ2n) is 7.36. The third-order valence-electron chi connectivity index (χ3n) is 4.45. The molecule has 1 aliphatic rings. The molecule has 0 N–H and O–H groups in total. The Hall–Kier alpha value is -3.05. The van der Waals surface area contributed by atoms with Gasteiger partial charge in [0.15, 0.2) is 23.4 Å². The molecular formula is C15H9O21S5-5. The van der Waals surface area contributed by atoms with E-state index >= 15 is 0 Å². The molecule has 0 unspecified atom stereocenters. The average Bonchev–Trinajstić information content (AvgIpc) is 2.69. The molecular weight excluding hydrogens is 676 g/mol. The van der Waals surface area contributed by atoms with Gasteiger partial charge in [-0.2, -0.15) is 0 Å². The van der Waals surface area contributed by atoms with Crippen molar-refractivity contribution in [2.75, 3.05) is 0 Å². The predicted octanol–water partition coefficient (Wildman–Crippen LogP) is -2.44. The quantitative estimate of drug-likeness (QED) is 0.175. The standard InChI is InChI=1S/C15H14O21S5/c16-37(17,18)32-8-4-11-9(12(5-8)34-39(22,23)24)6-14(36-41(28,29)30)15(31-11)7-1-2-10(33-38(19,20)21)13(3-7)35-40(25,26)27/h1-5,14-15H,6H2,(H,16,17,18)(H,19,20,21)(H,22,23,24)(H,25,26,27)(H,28,29,30)/p-5/t14-,15-/m0/s1. The summed E-state index contributed by atoms with van der Waals surface area (Å²) in [4.78, 5) is 0. The Bertz CT molecular complexity index is 1890. The van der Waals surface area contributed by atoms with Crippen LogP contribution in [0.15, 0.2) is 30.3 Å². The van der Waals surface area contributed by atoms with E-state index in [0.717, 1.165) is 6.07 Å². The van der Waals surface area contributed by atoms with E-state index in [1.807, 2.05) is 0 Å². The highest BCUT2D eigenvalue weighted by molar-refractivity contribution is 7.82. The molecule has 1 aliphatic heterocycles. The summed E-state index contributed by atoms with van der Waals surface area (Å²) in [7, 11) is -28.1. The Morgan fingerprint density at radius 1 is 0.610 bits per heavy atom. The molecule has 2 aromatic rings. The van der Waals surface area contributed by atoms with Gasteiger partial charge in [-0.15, -0.1) is 0 Å². The van der Waals surface area contributed by atoms with Crippen LogP contribution in [0.3, 0.4) is 0 Å². The van der Waals surface area contributed by atoms with E-state index in [0.29, 0.717) is 24.3 Å². The van der Waals surface area contributed by atoms with Crippen molar-refractivity contribution in [2.45, 2.75) is 18.6 Å². The zero-order valence-corrected chi connectivity index (χ0v) is 22.9. The number of fused-ring (bicyclic) bond motifs is 1. The molecule has 0 bridgehead atoms. The van der Waals surface area contributed by atoms with Gasteiger partial charge in [0.25, 0.3) is 41.6 Å². The Kier molecular flexibility index (Phi) is 8.69. The summed E-state index contributed by atoms with van der Waals surface area (Å²) in [5.74, 6) is -5.21. The van der Waals surface area contributed by atoms with E-state index in [-0.39, 0.29) is 0 Å². The molecule has 0 radical (unpaired) electrons. The van der Waals surface area contributed by atoms with Gasteiger partial charge in [-0.3, -0.25) is 4.18 Å². The van der Waals surface area contributed by atoms with Crippen LogP contribution in [-0.2, 0) is 62.6 Å². The fraction of sp³-hybridized carbons (Fsp3) is 0.200. The SMILES string of the molecule is O=S(=O)([O-])Oc1cc2c(c(OS(=O)(=O)[O-])c1)C[C@H](OS(=O)(=O)[O-])[C@H](c1ccc(OS(=O)(=O)[O-])c(OS(=O)(=O)[O-])c1)O2. The summed E-state index contributed by atoms with van der Waals surface area (Å²) in [5, 5.41) is 0. The van der Waals surface area contributed by atoms with Crippen molar-refractivity contribution in [3.05, 3.63) is 41.5 Å². The molecule has 0 amide bonds. The highest BCUT2D eigenvalue weighted by Crippen LogP contribution is 2.45. The smallest absolute Gasteiger partial charge is 0.262 e. The monoisotopic (exact) mass is 685 g/mol. The highest BCUT2D eigenvalue weighted by Gasteiger charge is 2.37. The first-order valence-corrected chi connectivity index (χ1v) is 16.3. The molecule has 2 atom stereocenters. The summed E-state index contributed by atoms with van der Waals surface area (Å²) >= 11 is 0. The Morgan fingerprint density at radius 3 is 1.63 bits per heavy atom. The molecule has 0 saturated carbocycles. The summed E-state index contributed by atoms with van der Waals surface area (Å²) < 4.78 is 193. The molecule has 3 rings (SSSR count). The Balaban J connectivity index is 2.23. The van der Waals surface area contributed by atoms with Crippen LogP contribution in [0, 0.1) is 0 Å². The number of rotatable bonds is 11. The molecule has 0 fully saturated rings. The van der Waals surface area contributed by atoms with Gasteiger partial charge < -0.3 is 44.2 Å². The van der Waals surface area contributed by atoms with Crippen molar-refractivity contribution in [1.29, 1.82) is 0 Å². The minimum absolute atomic E-state index is 0.400. The first-order chi connectivity index (χ1) is 18.4. The van der Waals surface area contributed by atoms with Crippen LogP contribution >= 0.6 is 0 Å². The van der Waals surface area contributed by atoms with Crippen LogP contribution < -0.4 is 21.5 Å². The van der Waals surface area contributed by atoms with Crippen LogP contribution in [0.4, 0.5) is 0 Å². The number of benzene rings is 2. The van der Waals surface area contributed by atoms with Crippen molar-refractivity contribution in [2.24, 2.45) is 0 Å². The van der Waals surface area contributed by atoms with Gasteiger partial charge in [-0.1, -0.05) is 6.07 Å². The second kappa shape index (κ2) is 11.0. The molecule has 2 aromatic carbocycles. The predicted molar refractivity (Wildman–Crippen MR) is 116 cm³/mol. The fourth-order valence-electron chi connectivity index (χ4n) is 3.35. The number of hydrogen-bond acceptors (Lipinski definition) is 21. The van der Waals surface area contributed by atoms with Gasteiger partial charge in [-0.05, 0) is 17.7 Å². The molecule has 0 aliphatic carbocycles. The molecule has 0 saturated heterocycles. The van der Waals surface area contributed by atoms with Crippen molar-refractivity contribution >= 4 is 52.0 Å². The molecule has 41 heavy (non-hydrogen) atoms. The lowest BCUT2D eigenvalue weighted by Crippen LogP contribution is -2.35. The number of ether oxygens (including phenoxy) is 1. The zero-order chi connectivity index (χ0) is 31.2. The lowest BCUT2D eigenvalue weighted by molar-refractivity contribution is 0.0328. The molecule has 0 aromatic heterocycles. The third kappa shape index (κ3) is 10.1. The van der Waals surface area contributed by atoms with Crippen LogP contribution in [0.5, 0.6) is 28.7 Å². The summed E-state index contributed by atoms with van der Waals surface area (Å²) in [6.07, 6.45) is -4.92. The largest absolute Gasteiger partial charge is 0.726 e. The van der Waals surface area contributed by atoms with Crippen molar-refractivity contribution in [3.8, 4) is 28.7 Å².